The molecule has 0 spiro atoms. The van der Waals surface area contributed by atoms with Crippen molar-refractivity contribution in [2.75, 3.05) is 6.54 Å². The molecule has 1 aliphatic rings. The lowest BCUT2D eigenvalue weighted by Gasteiger charge is -2.12. The Kier molecular flexibility index (Phi) is 3.70. The number of benzene rings is 2. The molecule has 0 bridgehead atoms. The van der Waals surface area contributed by atoms with Gasteiger partial charge in [-0.05, 0) is 53.4 Å². The molecule has 0 saturated heterocycles. The van der Waals surface area contributed by atoms with Gasteiger partial charge in [0.25, 0.3) is 0 Å². The fourth-order valence-corrected chi connectivity index (χ4v) is 2.46. The number of aliphatic imine (C=N–C) groups is 1. The molecule has 0 aromatic heterocycles. The number of halogens is 2. The number of ether oxygens (including phenoxy) is 1. The first-order valence-electron chi connectivity index (χ1n) is 6.41. The summed E-state index contributed by atoms with van der Waals surface area (Å²) in [6.45, 7) is 1.13. The third kappa shape index (κ3) is 2.99. The minimum atomic E-state index is -0.353. The Bertz CT molecular complexity index is 649. The Morgan fingerprint density at radius 3 is 2.95 bits per heavy atom. The molecule has 0 radical (unpaired) electrons. The lowest BCUT2D eigenvalue weighted by molar-refractivity contribution is 0.305. The number of hydrogen-bond acceptors (Lipinski definition) is 2. The van der Waals surface area contributed by atoms with E-state index in [0.29, 0.717) is 10.6 Å². The Labute approximate surface area is 121 Å². The van der Waals surface area contributed by atoms with E-state index in [2.05, 4.69) is 11.1 Å². The summed E-state index contributed by atoms with van der Waals surface area (Å²) in [7, 11) is 0. The van der Waals surface area contributed by atoms with Crippen LogP contribution in [0, 0.1) is 5.82 Å². The summed E-state index contributed by atoms with van der Waals surface area (Å²) in [5, 5.41) is 0.376. The molecule has 1 heterocycles. The SMILES string of the molecule is Fc1cc(Cl)cc(COc2ccc3c(c2)C=NCC3)c1. The highest BCUT2D eigenvalue weighted by Crippen LogP contribution is 2.21. The van der Waals surface area contributed by atoms with Crippen LogP contribution in [0.25, 0.3) is 0 Å². The van der Waals surface area contributed by atoms with Crippen LogP contribution in [0.1, 0.15) is 16.7 Å². The number of hydrogen-bond donors (Lipinski definition) is 0. The standard InChI is InChI=1S/C16H13ClFNO/c17-14-5-11(6-15(18)8-14)10-20-16-2-1-12-3-4-19-9-13(12)7-16/h1-2,5-9H,3-4,10H2. The molecule has 20 heavy (non-hydrogen) atoms. The molecule has 2 aromatic carbocycles. The predicted octanol–water partition coefficient (Wildman–Crippen LogP) is 4.03. The quantitative estimate of drug-likeness (QED) is 0.836. The largest absolute Gasteiger partial charge is 0.489 e. The predicted molar refractivity (Wildman–Crippen MR) is 78.3 cm³/mol. The fourth-order valence-electron chi connectivity index (χ4n) is 2.22. The second-order valence-electron chi connectivity index (χ2n) is 4.71. The van der Waals surface area contributed by atoms with Crippen LogP contribution in [-0.4, -0.2) is 12.8 Å². The lowest BCUT2D eigenvalue weighted by Crippen LogP contribution is -2.03. The van der Waals surface area contributed by atoms with E-state index < -0.39 is 0 Å². The number of nitrogens with zero attached hydrogens (tertiary/aromatic N) is 1. The normalized spacial score (nSPS) is 13.1. The third-order valence-electron chi connectivity index (χ3n) is 3.19. The molecule has 2 nitrogen and oxygen atoms in total. The summed E-state index contributed by atoms with van der Waals surface area (Å²) in [6.07, 6.45) is 2.83. The third-order valence-corrected chi connectivity index (χ3v) is 3.40. The van der Waals surface area contributed by atoms with Gasteiger partial charge in [0, 0.05) is 17.8 Å². The average Bonchev–Trinajstić information content (AvgIpc) is 2.44. The van der Waals surface area contributed by atoms with Crippen molar-refractivity contribution in [3.05, 3.63) is 63.9 Å². The van der Waals surface area contributed by atoms with Gasteiger partial charge in [-0.3, -0.25) is 4.99 Å². The zero-order valence-corrected chi connectivity index (χ0v) is 11.5. The van der Waals surface area contributed by atoms with E-state index in [1.54, 1.807) is 6.07 Å². The number of rotatable bonds is 3. The highest BCUT2D eigenvalue weighted by molar-refractivity contribution is 6.30. The Hall–Kier alpha value is -1.87. The van der Waals surface area contributed by atoms with Crippen molar-refractivity contribution in [1.82, 2.24) is 0 Å². The molecular weight excluding hydrogens is 277 g/mol. The van der Waals surface area contributed by atoms with Gasteiger partial charge in [-0.2, -0.15) is 0 Å². The summed E-state index contributed by atoms with van der Waals surface area (Å²) in [5.41, 5.74) is 3.08. The zero-order chi connectivity index (χ0) is 13.9. The van der Waals surface area contributed by atoms with Crippen LogP contribution < -0.4 is 4.74 Å². The van der Waals surface area contributed by atoms with Crippen LogP contribution in [0.5, 0.6) is 5.75 Å². The van der Waals surface area contributed by atoms with Crippen molar-refractivity contribution in [1.29, 1.82) is 0 Å². The fraction of sp³-hybridized carbons (Fsp3) is 0.188. The molecule has 0 aliphatic carbocycles. The summed E-state index contributed by atoms with van der Waals surface area (Å²) >= 11 is 5.81. The maximum Gasteiger partial charge on any atom is 0.125 e. The molecule has 102 valence electrons. The van der Waals surface area contributed by atoms with Crippen LogP contribution in [0.2, 0.25) is 5.02 Å². The lowest BCUT2D eigenvalue weighted by atomic mass is 10.0. The van der Waals surface area contributed by atoms with Gasteiger partial charge in [-0.25, -0.2) is 4.39 Å². The highest BCUT2D eigenvalue weighted by Gasteiger charge is 2.07. The van der Waals surface area contributed by atoms with Gasteiger partial charge in [0.2, 0.25) is 0 Å². The minimum Gasteiger partial charge on any atom is -0.489 e. The van der Waals surface area contributed by atoms with Gasteiger partial charge in [-0.1, -0.05) is 17.7 Å². The van der Waals surface area contributed by atoms with Crippen LogP contribution in [0.3, 0.4) is 0 Å². The van der Waals surface area contributed by atoms with E-state index in [-0.39, 0.29) is 12.4 Å². The highest BCUT2D eigenvalue weighted by atomic mass is 35.5. The monoisotopic (exact) mass is 289 g/mol. The van der Waals surface area contributed by atoms with Crippen molar-refractivity contribution >= 4 is 17.8 Å². The first kappa shape index (κ1) is 13.1. The molecular formula is C16H13ClFNO. The van der Waals surface area contributed by atoms with Gasteiger partial charge in [0.05, 0.1) is 0 Å². The van der Waals surface area contributed by atoms with Gasteiger partial charge in [-0.15, -0.1) is 0 Å². The maximum atomic E-state index is 13.2. The average molecular weight is 290 g/mol. The minimum absolute atomic E-state index is 0.285. The Morgan fingerprint density at radius 1 is 1.20 bits per heavy atom. The van der Waals surface area contributed by atoms with E-state index in [1.807, 2.05) is 18.3 Å². The summed E-state index contributed by atoms with van der Waals surface area (Å²) in [4.78, 5) is 4.25. The maximum absolute atomic E-state index is 13.2. The van der Waals surface area contributed by atoms with E-state index in [0.717, 1.165) is 24.3 Å². The molecule has 1 aliphatic heterocycles. The number of fused-ring (bicyclic) bond motifs is 1. The molecule has 0 unspecified atom stereocenters. The van der Waals surface area contributed by atoms with Crippen LogP contribution in [0.15, 0.2) is 41.4 Å². The van der Waals surface area contributed by atoms with Gasteiger partial charge in [0.15, 0.2) is 0 Å². The molecule has 0 N–H and O–H groups in total. The van der Waals surface area contributed by atoms with Crippen LogP contribution in [0.4, 0.5) is 4.39 Å². The van der Waals surface area contributed by atoms with Crippen LogP contribution in [-0.2, 0) is 13.0 Å². The van der Waals surface area contributed by atoms with E-state index in [4.69, 9.17) is 16.3 Å². The van der Waals surface area contributed by atoms with Crippen molar-refractivity contribution in [2.45, 2.75) is 13.0 Å². The van der Waals surface area contributed by atoms with Crippen molar-refractivity contribution in [3.63, 3.8) is 0 Å². The summed E-state index contributed by atoms with van der Waals surface area (Å²) in [6, 6.07) is 10.3. The smallest absolute Gasteiger partial charge is 0.125 e. The molecule has 2 aromatic rings. The van der Waals surface area contributed by atoms with Crippen molar-refractivity contribution in [3.8, 4) is 5.75 Å². The molecule has 4 heteroatoms. The first-order chi connectivity index (χ1) is 9.70. The van der Waals surface area contributed by atoms with E-state index in [9.17, 15) is 4.39 Å². The summed E-state index contributed by atoms with van der Waals surface area (Å²) < 4.78 is 18.9. The second kappa shape index (κ2) is 5.63. The van der Waals surface area contributed by atoms with Crippen molar-refractivity contribution in [2.24, 2.45) is 4.99 Å². The van der Waals surface area contributed by atoms with Gasteiger partial charge >= 0.3 is 0 Å². The summed E-state index contributed by atoms with van der Waals surface area (Å²) in [5.74, 6) is 0.395. The second-order valence-corrected chi connectivity index (χ2v) is 5.15. The molecule has 0 amide bonds. The molecule has 0 fully saturated rings. The zero-order valence-electron chi connectivity index (χ0n) is 10.8. The molecule has 0 atom stereocenters. The van der Waals surface area contributed by atoms with E-state index >= 15 is 0 Å². The van der Waals surface area contributed by atoms with Gasteiger partial charge < -0.3 is 4.74 Å². The van der Waals surface area contributed by atoms with E-state index in [1.165, 1.54) is 17.7 Å². The molecule has 3 rings (SSSR count). The molecule has 0 saturated carbocycles. The van der Waals surface area contributed by atoms with Crippen LogP contribution >= 0.6 is 11.6 Å². The first-order valence-corrected chi connectivity index (χ1v) is 6.79. The van der Waals surface area contributed by atoms with Crippen molar-refractivity contribution < 1.29 is 9.13 Å². The Morgan fingerprint density at radius 2 is 2.10 bits per heavy atom. The Balaban J connectivity index is 1.74. The topological polar surface area (TPSA) is 21.6 Å². The van der Waals surface area contributed by atoms with Gasteiger partial charge in [0.1, 0.15) is 18.2 Å².